The molecular weight excluding hydrogens is 323 g/mol. The number of hydrogen-bond acceptors (Lipinski definition) is 7. The van der Waals surface area contributed by atoms with Crippen LogP contribution in [0.2, 0.25) is 10.3 Å². The minimum Gasteiger partial charge on any atom is -0.464 e. The Hall–Kier alpha value is -1.80. The maximum Gasteiger partial charge on any atom is 0.426 e. The summed E-state index contributed by atoms with van der Waals surface area (Å²) in [5.41, 5.74) is 3.71. The third-order valence-corrected chi connectivity index (χ3v) is 2.41. The molecule has 0 saturated heterocycles. The van der Waals surface area contributed by atoms with Gasteiger partial charge < -0.3 is 9.47 Å². The van der Waals surface area contributed by atoms with Crippen molar-refractivity contribution in [2.75, 3.05) is 12.5 Å². The molecule has 116 valence electrons. The molecule has 0 atom stereocenters. The molecule has 0 bridgehead atoms. The minimum atomic E-state index is -0.787. The highest BCUT2D eigenvalue weighted by Crippen LogP contribution is 2.24. The SMILES string of the molecule is COC(=O)c1nc(Cl)nc(NNC(=O)OC(C)(C)C)c1Cl. The highest BCUT2D eigenvalue weighted by molar-refractivity contribution is 6.36. The van der Waals surface area contributed by atoms with E-state index in [0.717, 1.165) is 0 Å². The highest BCUT2D eigenvalue weighted by Gasteiger charge is 2.20. The van der Waals surface area contributed by atoms with Gasteiger partial charge in [-0.1, -0.05) is 11.6 Å². The number of nitrogens with zero attached hydrogens (tertiary/aromatic N) is 2. The van der Waals surface area contributed by atoms with Gasteiger partial charge in [0, 0.05) is 0 Å². The maximum atomic E-state index is 11.5. The predicted octanol–water partition coefficient (Wildman–Crippen LogP) is 2.42. The third kappa shape index (κ3) is 5.24. The molecule has 0 unspecified atom stereocenters. The van der Waals surface area contributed by atoms with Crippen molar-refractivity contribution in [3.63, 3.8) is 0 Å². The van der Waals surface area contributed by atoms with Crippen LogP contribution in [0, 0.1) is 0 Å². The van der Waals surface area contributed by atoms with E-state index in [1.54, 1.807) is 20.8 Å². The molecule has 8 nitrogen and oxygen atoms in total. The quantitative estimate of drug-likeness (QED) is 0.496. The molecule has 0 aromatic carbocycles. The van der Waals surface area contributed by atoms with Crippen molar-refractivity contribution < 1.29 is 19.1 Å². The Morgan fingerprint density at radius 3 is 2.33 bits per heavy atom. The van der Waals surface area contributed by atoms with Gasteiger partial charge >= 0.3 is 12.1 Å². The Labute approximate surface area is 131 Å². The Morgan fingerprint density at radius 2 is 1.81 bits per heavy atom. The average molecular weight is 337 g/mol. The number of aromatic nitrogens is 2. The normalized spacial score (nSPS) is 10.8. The molecule has 0 fully saturated rings. The van der Waals surface area contributed by atoms with E-state index in [1.807, 2.05) is 0 Å². The van der Waals surface area contributed by atoms with Crippen LogP contribution in [0.25, 0.3) is 0 Å². The fourth-order valence-corrected chi connectivity index (χ4v) is 1.53. The van der Waals surface area contributed by atoms with Crippen molar-refractivity contribution in [2.24, 2.45) is 0 Å². The van der Waals surface area contributed by atoms with Crippen molar-refractivity contribution >= 4 is 41.1 Å². The van der Waals surface area contributed by atoms with Crippen molar-refractivity contribution in [1.29, 1.82) is 0 Å². The van der Waals surface area contributed by atoms with Gasteiger partial charge in [-0.25, -0.2) is 20.0 Å². The van der Waals surface area contributed by atoms with Crippen molar-refractivity contribution in [1.82, 2.24) is 15.4 Å². The van der Waals surface area contributed by atoms with Crippen LogP contribution in [0.15, 0.2) is 0 Å². The van der Waals surface area contributed by atoms with Gasteiger partial charge in [-0.15, -0.1) is 0 Å². The molecule has 10 heteroatoms. The molecule has 21 heavy (non-hydrogen) atoms. The fourth-order valence-electron chi connectivity index (χ4n) is 1.15. The smallest absolute Gasteiger partial charge is 0.426 e. The molecule has 0 aliphatic rings. The molecule has 2 N–H and O–H groups in total. The van der Waals surface area contributed by atoms with Crippen LogP contribution >= 0.6 is 23.2 Å². The first kappa shape index (κ1) is 17.3. The third-order valence-electron chi connectivity index (χ3n) is 1.88. The Bertz CT molecular complexity index is 560. The molecule has 0 aliphatic heterocycles. The zero-order chi connectivity index (χ0) is 16.2. The molecule has 0 spiro atoms. The summed E-state index contributed by atoms with van der Waals surface area (Å²) in [5, 5.41) is -0.393. The Morgan fingerprint density at radius 1 is 1.19 bits per heavy atom. The number of ether oxygens (including phenoxy) is 2. The van der Waals surface area contributed by atoms with E-state index in [2.05, 4.69) is 25.6 Å². The second-order valence-corrected chi connectivity index (χ2v) is 5.46. The van der Waals surface area contributed by atoms with E-state index in [0.29, 0.717) is 0 Å². The number of carbonyl (C=O) groups excluding carboxylic acids is 2. The Balaban J connectivity index is 2.87. The molecule has 1 amide bonds. The van der Waals surface area contributed by atoms with Crippen LogP contribution in [-0.4, -0.2) is 34.7 Å². The predicted molar refractivity (Wildman–Crippen MR) is 76.4 cm³/mol. The lowest BCUT2D eigenvalue weighted by Gasteiger charge is -2.20. The molecule has 1 heterocycles. The molecule has 1 rings (SSSR count). The first-order chi connectivity index (χ1) is 9.64. The number of carbonyl (C=O) groups is 2. The lowest BCUT2D eigenvalue weighted by molar-refractivity contribution is 0.0539. The van der Waals surface area contributed by atoms with Gasteiger partial charge in [0.05, 0.1) is 7.11 Å². The van der Waals surface area contributed by atoms with Crippen molar-refractivity contribution in [3.05, 3.63) is 16.0 Å². The number of rotatable bonds is 3. The zero-order valence-corrected chi connectivity index (χ0v) is 13.3. The van der Waals surface area contributed by atoms with Crippen LogP contribution in [0.4, 0.5) is 10.6 Å². The lowest BCUT2D eigenvalue weighted by atomic mass is 10.2. The summed E-state index contributed by atoms with van der Waals surface area (Å²) < 4.78 is 9.51. The van der Waals surface area contributed by atoms with Crippen molar-refractivity contribution in [3.8, 4) is 0 Å². The van der Waals surface area contributed by atoms with Gasteiger partial charge in [-0.2, -0.15) is 4.98 Å². The summed E-state index contributed by atoms with van der Waals surface area (Å²) in [7, 11) is 1.17. The first-order valence-electron chi connectivity index (χ1n) is 5.70. The number of amides is 1. The summed E-state index contributed by atoms with van der Waals surface area (Å²) >= 11 is 11.6. The largest absolute Gasteiger partial charge is 0.464 e. The summed E-state index contributed by atoms with van der Waals surface area (Å²) in [6.07, 6.45) is -0.757. The summed E-state index contributed by atoms with van der Waals surface area (Å²) in [5.74, 6) is -0.854. The molecule has 0 radical (unpaired) electrons. The number of hydrogen-bond donors (Lipinski definition) is 2. The number of methoxy groups -OCH3 is 1. The standard InChI is InChI=1S/C11H14Cl2N4O4/c1-11(2,3)21-10(19)17-16-7-5(12)6(8(18)20-4)14-9(13)15-7/h1-4H3,(H,17,19)(H,14,15,16). The van der Waals surface area contributed by atoms with E-state index >= 15 is 0 Å². The fraction of sp³-hybridized carbons (Fsp3) is 0.455. The molecule has 1 aromatic heterocycles. The summed E-state index contributed by atoms with van der Waals surface area (Å²) in [4.78, 5) is 30.4. The van der Waals surface area contributed by atoms with E-state index in [9.17, 15) is 9.59 Å². The minimum absolute atomic E-state index is 0.0667. The zero-order valence-electron chi connectivity index (χ0n) is 11.8. The molecule has 0 aliphatic carbocycles. The average Bonchev–Trinajstić information content (AvgIpc) is 2.36. The van der Waals surface area contributed by atoms with E-state index in [-0.39, 0.29) is 21.8 Å². The second-order valence-electron chi connectivity index (χ2n) is 4.75. The van der Waals surface area contributed by atoms with Crippen LogP contribution in [0.1, 0.15) is 31.3 Å². The number of esters is 1. The van der Waals surface area contributed by atoms with Crippen LogP contribution < -0.4 is 10.9 Å². The number of anilines is 1. The van der Waals surface area contributed by atoms with Gasteiger partial charge in [0.25, 0.3) is 0 Å². The summed E-state index contributed by atoms with van der Waals surface area (Å²) in [6.45, 7) is 5.11. The second kappa shape index (κ2) is 6.77. The topological polar surface area (TPSA) is 102 Å². The number of hydrazine groups is 1. The monoisotopic (exact) mass is 336 g/mol. The van der Waals surface area contributed by atoms with E-state index < -0.39 is 17.7 Å². The highest BCUT2D eigenvalue weighted by atomic mass is 35.5. The van der Waals surface area contributed by atoms with Gasteiger partial charge in [0.1, 0.15) is 10.6 Å². The van der Waals surface area contributed by atoms with Crippen LogP contribution in [0.3, 0.4) is 0 Å². The van der Waals surface area contributed by atoms with Crippen LogP contribution in [0.5, 0.6) is 0 Å². The Kier molecular flexibility index (Phi) is 5.56. The molecule has 1 aromatic rings. The van der Waals surface area contributed by atoms with E-state index in [4.69, 9.17) is 27.9 Å². The van der Waals surface area contributed by atoms with Gasteiger partial charge in [-0.05, 0) is 32.4 Å². The van der Waals surface area contributed by atoms with Gasteiger partial charge in [0.2, 0.25) is 5.28 Å². The number of nitrogens with one attached hydrogen (secondary N) is 2. The van der Waals surface area contributed by atoms with Crippen LogP contribution in [-0.2, 0) is 9.47 Å². The number of halogens is 2. The first-order valence-corrected chi connectivity index (χ1v) is 6.46. The van der Waals surface area contributed by atoms with E-state index in [1.165, 1.54) is 7.11 Å². The van der Waals surface area contributed by atoms with Crippen molar-refractivity contribution in [2.45, 2.75) is 26.4 Å². The van der Waals surface area contributed by atoms with Gasteiger partial charge in [0.15, 0.2) is 11.5 Å². The lowest BCUT2D eigenvalue weighted by Crippen LogP contribution is -2.36. The molecular formula is C11H14Cl2N4O4. The summed E-state index contributed by atoms with van der Waals surface area (Å²) in [6, 6.07) is 0. The maximum absolute atomic E-state index is 11.5. The molecule has 0 saturated carbocycles. The van der Waals surface area contributed by atoms with Gasteiger partial charge in [-0.3, -0.25) is 5.43 Å².